The highest BCUT2D eigenvalue weighted by molar-refractivity contribution is 4.72. The standard InChI is InChI=1S/C9H22N2O/c1-8(12-4)5-11-7-9(2,3)6-10/h8,11H,5-7,10H2,1-4H3. The third-order valence-electron chi connectivity index (χ3n) is 1.99. The lowest BCUT2D eigenvalue weighted by Crippen LogP contribution is -2.38. The number of rotatable bonds is 6. The summed E-state index contributed by atoms with van der Waals surface area (Å²) in [4.78, 5) is 0. The summed E-state index contributed by atoms with van der Waals surface area (Å²) >= 11 is 0. The lowest BCUT2D eigenvalue weighted by Gasteiger charge is -2.23. The van der Waals surface area contributed by atoms with E-state index in [0.717, 1.165) is 13.1 Å². The first-order valence-corrected chi connectivity index (χ1v) is 4.45. The fourth-order valence-electron chi connectivity index (χ4n) is 0.769. The van der Waals surface area contributed by atoms with Crippen LogP contribution in [0.15, 0.2) is 0 Å². The Balaban J connectivity index is 3.42. The number of ether oxygens (including phenoxy) is 1. The molecule has 0 aliphatic heterocycles. The molecule has 0 aromatic heterocycles. The summed E-state index contributed by atoms with van der Waals surface area (Å²) in [5.41, 5.74) is 5.77. The highest BCUT2D eigenvalue weighted by atomic mass is 16.5. The third-order valence-corrected chi connectivity index (χ3v) is 1.99. The van der Waals surface area contributed by atoms with Crippen LogP contribution in [-0.2, 0) is 4.74 Å². The normalized spacial score (nSPS) is 14.8. The van der Waals surface area contributed by atoms with Crippen molar-refractivity contribution in [3.05, 3.63) is 0 Å². The summed E-state index contributed by atoms with van der Waals surface area (Å²) in [6.45, 7) is 8.88. The third kappa shape index (κ3) is 5.52. The van der Waals surface area contributed by atoms with Crippen LogP contribution in [0.1, 0.15) is 20.8 Å². The number of hydrogen-bond acceptors (Lipinski definition) is 3. The van der Waals surface area contributed by atoms with Gasteiger partial charge in [-0.25, -0.2) is 0 Å². The van der Waals surface area contributed by atoms with Crippen molar-refractivity contribution in [3.63, 3.8) is 0 Å². The monoisotopic (exact) mass is 174 g/mol. The van der Waals surface area contributed by atoms with Crippen LogP contribution in [0.4, 0.5) is 0 Å². The van der Waals surface area contributed by atoms with Crippen LogP contribution >= 0.6 is 0 Å². The minimum atomic E-state index is 0.188. The summed E-state index contributed by atoms with van der Waals surface area (Å²) in [7, 11) is 1.72. The van der Waals surface area contributed by atoms with Crippen molar-refractivity contribution >= 4 is 0 Å². The Morgan fingerprint density at radius 3 is 2.50 bits per heavy atom. The maximum atomic E-state index is 5.58. The Kier molecular flexibility index (Phi) is 5.46. The van der Waals surface area contributed by atoms with Gasteiger partial charge in [0.25, 0.3) is 0 Å². The van der Waals surface area contributed by atoms with Gasteiger partial charge < -0.3 is 15.8 Å². The zero-order chi connectivity index (χ0) is 9.61. The fourth-order valence-corrected chi connectivity index (χ4v) is 0.769. The SMILES string of the molecule is COC(C)CNCC(C)(C)CN. The van der Waals surface area contributed by atoms with E-state index in [1.165, 1.54) is 0 Å². The second kappa shape index (κ2) is 5.51. The van der Waals surface area contributed by atoms with E-state index in [2.05, 4.69) is 19.2 Å². The summed E-state index contributed by atoms with van der Waals surface area (Å²) in [5, 5.41) is 3.32. The van der Waals surface area contributed by atoms with Gasteiger partial charge in [0.05, 0.1) is 6.10 Å². The molecule has 12 heavy (non-hydrogen) atoms. The first-order valence-electron chi connectivity index (χ1n) is 4.45. The maximum Gasteiger partial charge on any atom is 0.0667 e. The molecule has 74 valence electrons. The Morgan fingerprint density at radius 2 is 2.08 bits per heavy atom. The average molecular weight is 174 g/mol. The molecule has 1 atom stereocenters. The van der Waals surface area contributed by atoms with E-state index in [0.29, 0.717) is 6.54 Å². The quantitative estimate of drug-likeness (QED) is 0.620. The number of nitrogens with one attached hydrogen (secondary N) is 1. The van der Waals surface area contributed by atoms with Crippen molar-refractivity contribution < 1.29 is 4.74 Å². The molecule has 0 saturated heterocycles. The van der Waals surface area contributed by atoms with Crippen molar-refractivity contribution in [1.29, 1.82) is 0 Å². The van der Waals surface area contributed by atoms with Gasteiger partial charge in [-0.2, -0.15) is 0 Å². The number of nitrogens with two attached hydrogens (primary N) is 1. The first-order chi connectivity index (χ1) is 5.52. The van der Waals surface area contributed by atoms with Gasteiger partial charge >= 0.3 is 0 Å². The lowest BCUT2D eigenvalue weighted by molar-refractivity contribution is 0.114. The molecule has 3 nitrogen and oxygen atoms in total. The molecule has 0 radical (unpaired) electrons. The molecule has 3 heteroatoms. The predicted molar refractivity (Wildman–Crippen MR) is 52.2 cm³/mol. The molecule has 3 N–H and O–H groups in total. The van der Waals surface area contributed by atoms with Crippen LogP contribution in [0.25, 0.3) is 0 Å². The van der Waals surface area contributed by atoms with E-state index in [1.807, 2.05) is 6.92 Å². The number of methoxy groups -OCH3 is 1. The van der Waals surface area contributed by atoms with Crippen molar-refractivity contribution in [2.45, 2.75) is 26.9 Å². The van der Waals surface area contributed by atoms with Crippen LogP contribution in [0, 0.1) is 5.41 Å². The molecule has 0 aromatic carbocycles. The highest BCUT2D eigenvalue weighted by Gasteiger charge is 2.14. The Hall–Kier alpha value is -0.120. The number of hydrogen-bond donors (Lipinski definition) is 2. The molecule has 0 bridgehead atoms. The van der Waals surface area contributed by atoms with Gasteiger partial charge in [0.15, 0.2) is 0 Å². The average Bonchev–Trinajstić information content (AvgIpc) is 2.04. The molecular weight excluding hydrogens is 152 g/mol. The zero-order valence-electron chi connectivity index (χ0n) is 8.68. The van der Waals surface area contributed by atoms with Gasteiger partial charge in [0, 0.05) is 20.2 Å². The minimum absolute atomic E-state index is 0.188. The summed E-state index contributed by atoms with van der Waals surface area (Å²) in [5.74, 6) is 0. The minimum Gasteiger partial charge on any atom is -0.380 e. The smallest absolute Gasteiger partial charge is 0.0667 e. The Bertz CT molecular complexity index is 115. The van der Waals surface area contributed by atoms with Crippen LogP contribution < -0.4 is 11.1 Å². The molecule has 1 unspecified atom stereocenters. The van der Waals surface area contributed by atoms with Crippen molar-refractivity contribution in [1.82, 2.24) is 5.32 Å². The fraction of sp³-hybridized carbons (Fsp3) is 1.00. The van der Waals surface area contributed by atoms with Gasteiger partial charge in [-0.1, -0.05) is 13.8 Å². The summed E-state index contributed by atoms with van der Waals surface area (Å²) in [6.07, 6.45) is 0.276. The molecule has 0 amide bonds. The topological polar surface area (TPSA) is 47.3 Å². The van der Waals surface area contributed by atoms with Gasteiger partial charge in [0.2, 0.25) is 0 Å². The van der Waals surface area contributed by atoms with Crippen LogP contribution in [0.2, 0.25) is 0 Å². The Morgan fingerprint density at radius 1 is 1.50 bits per heavy atom. The van der Waals surface area contributed by atoms with Crippen molar-refractivity contribution in [3.8, 4) is 0 Å². The molecule has 0 rings (SSSR count). The highest BCUT2D eigenvalue weighted by Crippen LogP contribution is 2.09. The van der Waals surface area contributed by atoms with Gasteiger partial charge in [-0.15, -0.1) is 0 Å². The second-order valence-corrected chi connectivity index (χ2v) is 4.05. The Labute approximate surface area is 75.7 Å². The molecular formula is C9H22N2O. The molecule has 0 aromatic rings. The van der Waals surface area contributed by atoms with Gasteiger partial charge in [0.1, 0.15) is 0 Å². The predicted octanol–water partition coefficient (Wildman–Crippen LogP) is 0.596. The van der Waals surface area contributed by atoms with E-state index in [4.69, 9.17) is 10.5 Å². The van der Waals surface area contributed by atoms with Gasteiger partial charge in [-0.3, -0.25) is 0 Å². The summed E-state index contributed by atoms with van der Waals surface area (Å²) < 4.78 is 5.10. The van der Waals surface area contributed by atoms with Gasteiger partial charge in [-0.05, 0) is 18.9 Å². The zero-order valence-corrected chi connectivity index (χ0v) is 8.68. The molecule has 0 aliphatic rings. The lowest BCUT2D eigenvalue weighted by atomic mass is 9.94. The molecule has 0 heterocycles. The summed E-state index contributed by atoms with van der Waals surface area (Å²) in [6, 6.07) is 0. The van der Waals surface area contributed by atoms with E-state index >= 15 is 0 Å². The largest absolute Gasteiger partial charge is 0.380 e. The van der Waals surface area contributed by atoms with Crippen LogP contribution in [0.3, 0.4) is 0 Å². The van der Waals surface area contributed by atoms with Crippen LogP contribution in [0.5, 0.6) is 0 Å². The molecule has 0 saturated carbocycles. The molecule has 0 fully saturated rings. The first kappa shape index (κ1) is 11.9. The molecule has 0 spiro atoms. The van der Waals surface area contributed by atoms with E-state index in [1.54, 1.807) is 7.11 Å². The van der Waals surface area contributed by atoms with E-state index in [9.17, 15) is 0 Å². The maximum absolute atomic E-state index is 5.58. The van der Waals surface area contributed by atoms with Crippen LogP contribution in [-0.4, -0.2) is 32.8 Å². The van der Waals surface area contributed by atoms with E-state index in [-0.39, 0.29) is 11.5 Å². The van der Waals surface area contributed by atoms with E-state index < -0.39 is 0 Å². The van der Waals surface area contributed by atoms with Crippen molar-refractivity contribution in [2.24, 2.45) is 11.1 Å². The molecule has 0 aliphatic carbocycles. The van der Waals surface area contributed by atoms with Crippen molar-refractivity contribution in [2.75, 3.05) is 26.7 Å². The second-order valence-electron chi connectivity index (χ2n) is 4.05.